The summed E-state index contributed by atoms with van der Waals surface area (Å²) in [6.45, 7) is 5.69. The Kier molecular flexibility index (Phi) is 6.57. The van der Waals surface area contributed by atoms with E-state index in [4.69, 9.17) is 0 Å². The summed E-state index contributed by atoms with van der Waals surface area (Å²) in [5.74, 6) is 0.597. The summed E-state index contributed by atoms with van der Waals surface area (Å²) in [6.07, 6.45) is 5.26. The van der Waals surface area contributed by atoms with E-state index in [0.717, 1.165) is 30.6 Å². The van der Waals surface area contributed by atoms with Crippen molar-refractivity contribution in [3.63, 3.8) is 0 Å². The monoisotopic (exact) mass is 381 g/mol. The summed E-state index contributed by atoms with van der Waals surface area (Å²) in [5.41, 5.74) is 1.76. The molecule has 1 fully saturated rings. The molecule has 7 heteroatoms. The Morgan fingerprint density at radius 2 is 1.89 bits per heavy atom. The quantitative estimate of drug-likeness (QED) is 0.803. The molecule has 2 heterocycles. The lowest BCUT2D eigenvalue weighted by atomic mass is 9.97. The Bertz CT molecular complexity index is 792. The van der Waals surface area contributed by atoms with Crippen LogP contribution in [0.5, 0.6) is 0 Å². The number of nitrogens with zero attached hydrogens (tertiary/aromatic N) is 3. The van der Waals surface area contributed by atoms with Gasteiger partial charge in [-0.25, -0.2) is 9.97 Å². The molecule has 1 unspecified atom stereocenters. The van der Waals surface area contributed by atoms with Gasteiger partial charge in [0.15, 0.2) is 0 Å². The SMILES string of the molecule is CC(C)C(=O)Nc1ccc(CNC(=O)C2CCCN(c3ncccn3)C2)cc1. The molecule has 0 radical (unpaired) electrons. The van der Waals surface area contributed by atoms with Crippen LogP contribution in [0, 0.1) is 11.8 Å². The number of aromatic nitrogens is 2. The van der Waals surface area contributed by atoms with Gasteiger partial charge in [0.1, 0.15) is 0 Å². The first-order chi connectivity index (χ1) is 13.5. The second kappa shape index (κ2) is 9.30. The van der Waals surface area contributed by atoms with Crippen LogP contribution >= 0.6 is 0 Å². The molecular formula is C21H27N5O2. The zero-order valence-electron chi connectivity index (χ0n) is 16.4. The second-order valence-corrected chi connectivity index (χ2v) is 7.39. The topological polar surface area (TPSA) is 87.2 Å². The van der Waals surface area contributed by atoms with Crippen molar-refractivity contribution in [1.82, 2.24) is 15.3 Å². The predicted octanol–water partition coefficient (Wildman–Crippen LogP) is 2.60. The molecule has 2 amide bonds. The first kappa shape index (κ1) is 19.8. The molecule has 3 rings (SSSR count). The number of piperidine rings is 1. The van der Waals surface area contributed by atoms with Gasteiger partial charge in [-0.2, -0.15) is 0 Å². The van der Waals surface area contributed by atoms with E-state index in [9.17, 15) is 9.59 Å². The van der Waals surface area contributed by atoms with Crippen LogP contribution in [0.3, 0.4) is 0 Å². The molecule has 148 valence electrons. The van der Waals surface area contributed by atoms with Gasteiger partial charge in [-0.15, -0.1) is 0 Å². The summed E-state index contributed by atoms with van der Waals surface area (Å²) in [7, 11) is 0. The molecule has 7 nitrogen and oxygen atoms in total. The molecule has 1 atom stereocenters. The smallest absolute Gasteiger partial charge is 0.226 e. The lowest BCUT2D eigenvalue weighted by molar-refractivity contribution is -0.125. The molecule has 0 saturated carbocycles. The Morgan fingerprint density at radius 3 is 2.57 bits per heavy atom. The lowest BCUT2D eigenvalue weighted by Crippen LogP contribution is -2.43. The normalized spacial score (nSPS) is 16.7. The molecule has 1 aromatic heterocycles. The number of hydrogen-bond donors (Lipinski definition) is 2. The van der Waals surface area contributed by atoms with Crippen molar-refractivity contribution in [1.29, 1.82) is 0 Å². The Hall–Kier alpha value is -2.96. The Labute approximate surface area is 165 Å². The zero-order valence-corrected chi connectivity index (χ0v) is 16.4. The average Bonchev–Trinajstić information content (AvgIpc) is 2.73. The highest BCUT2D eigenvalue weighted by atomic mass is 16.2. The summed E-state index contributed by atoms with van der Waals surface area (Å²) in [5, 5.41) is 5.89. The maximum absolute atomic E-state index is 12.6. The fraction of sp³-hybridized carbons (Fsp3) is 0.429. The van der Waals surface area contributed by atoms with Gasteiger partial charge in [0, 0.05) is 43.6 Å². The van der Waals surface area contributed by atoms with E-state index in [-0.39, 0.29) is 23.7 Å². The number of benzene rings is 1. The summed E-state index contributed by atoms with van der Waals surface area (Å²) >= 11 is 0. The molecule has 28 heavy (non-hydrogen) atoms. The fourth-order valence-electron chi connectivity index (χ4n) is 3.15. The van der Waals surface area contributed by atoms with Gasteiger partial charge in [-0.3, -0.25) is 9.59 Å². The molecule has 0 bridgehead atoms. The maximum Gasteiger partial charge on any atom is 0.226 e. The van der Waals surface area contributed by atoms with Gasteiger partial charge >= 0.3 is 0 Å². The van der Waals surface area contributed by atoms with Crippen molar-refractivity contribution in [2.45, 2.75) is 33.2 Å². The van der Waals surface area contributed by atoms with E-state index >= 15 is 0 Å². The van der Waals surface area contributed by atoms with Crippen molar-refractivity contribution in [3.8, 4) is 0 Å². The number of anilines is 2. The molecular weight excluding hydrogens is 354 g/mol. The Balaban J connectivity index is 1.50. The highest BCUT2D eigenvalue weighted by Gasteiger charge is 2.26. The largest absolute Gasteiger partial charge is 0.352 e. The molecule has 1 aliphatic rings. The van der Waals surface area contributed by atoms with Crippen LogP contribution < -0.4 is 15.5 Å². The van der Waals surface area contributed by atoms with E-state index in [0.29, 0.717) is 19.0 Å². The molecule has 1 saturated heterocycles. The highest BCUT2D eigenvalue weighted by molar-refractivity contribution is 5.92. The van der Waals surface area contributed by atoms with Crippen molar-refractivity contribution in [3.05, 3.63) is 48.3 Å². The van der Waals surface area contributed by atoms with Crippen LogP contribution in [0.1, 0.15) is 32.3 Å². The van der Waals surface area contributed by atoms with Gasteiger partial charge < -0.3 is 15.5 Å². The molecule has 0 spiro atoms. The van der Waals surface area contributed by atoms with Crippen LogP contribution in [0.4, 0.5) is 11.6 Å². The zero-order chi connectivity index (χ0) is 19.9. The summed E-state index contributed by atoms with van der Waals surface area (Å²) < 4.78 is 0. The first-order valence-corrected chi connectivity index (χ1v) is 9.72. The number of nitrogens with one attached hydrogen (secondary N) is 2. The van der Waals surface area contributed by atoms with E-state index in [2.05, 4.69) is 25.5 Å². The van der Waals surface area contributed by atoms with Gasteiger partial charge in [-0.1, -0.05) is 26.0 Å². The van der Waals surface area contributed by atoms with Gasteiger partial charge in [0.2, 0.25) is 17.8 Å². The minimum atomic E-state index is -0.0674. The van der Waals surface area contributed by atoms with Crippen molar-refractivity contribution in [2.24, 2.45) is 11.8 Å². The molecule has 2 N–H and O–H groups in total. The highest BCUT2D eigenvalue weighted by Crippen LogP contribution is 2.20. The summed E-state index contributed by atoms with van der Waals surface area (Å²) in [6, 6.07) is 9.34. The average molecular weight is 381 g/mol. The Morgan fingerprint density at radius 1 is 1.18 bits per heavy atom. The molecule has 1 aromatic carbocycles. The number of carbonyl (C=O) groups is 2. The third-order valence-electron chi connectivity index (χ3n) is 4.84. The number of carbonyl (C=O) groups excluding carboxylic acids is 2. The van der Waals surface area contributed by atoms with Crippen molar-refractivity contribution < 1.29 is 9.59 Å². The lowest BCUT2D eigenvalue weighted by Gasteiger charge is -2.31. The fourth-order valence-corrected chi connectivity index (χ4v) is 3.15. The number of rotatable bonds is 6. The van der Waals surface area contributed by atoms with Gasteiger partial charge in [0.05, 0.1) is 5.92 Å². The molecule has 2 aromatic rings. The van der Waals surface area contributed by atoms with E-state index in [1.165, 1.54) is 0 Å². The maximum atomic E-state index is 12.6. The molecule has 0 aliphatic carbocycles. The van der Waals surface area contributed by atoms with E-state index in [1.807, 2.05) is 38.1 Å². The van der Waals surface area contributed by atoms with Gasteiger partial charge in [0.25, 0.3) is 0 Å². The van der Waals surface area contributed by atoms with Crippen molar-refractivity contribution >= 4 is 23.5 Å². The van der Waals surface area contributed by atoms with Crippen LogP contribution in [-0.2, 0) is 16.1 Å². The molecule has 1 aliphatic heterocycles. The standard InChI is InChI=1S/C21H27N5O2/c1-15(2)19(27)25-18-8-6-16(7-9-18)13-24-20(28)17-5-3-12-26(14-17)21-22-10-4-11-23-21/h4,6-11,15,17H,3,5,12-14H2,1-2H3,(H,24,28)(H,25,27). The van der Waals surface area contributed by atoms with Crippen LogP contribution in [0.15, 0.2) is 42.7 Å². The minimum absolute atomic E-state index is 0.00898. The van der Waals surface area contributed by atoms with E-state index < -0.39 is 0 Å². The predicted molar refractivity (Wildman–Crippen MR) is 109 cm³/mol. The second-order valence-electron chi connectivity index (χ2n) is 7.39. The van der Waals surface area contributed by atoms with E-state index in [1.54, 1.807) is 18.5 Å². The number of amides is 2. The third kappa shape index (κ3) is 5.28. The summed E-state index contributed by atoms with van der Waals surface area (Å²) in [4.78, 5) is 35.0. The minimum Gasteiger partial charge on any atom is -0.352 e. The van der Waals surface area contributed by atoms with Crippen LogP contribution in [-0.4, -0.2) is 34.9 Å². The van der Waals surface area contributed by atoms with Crippen LogP contribution in [0.2, 0.25) is 0 Å². The van der Waals surface area contributed by atoms with Crippen molar-refractivity contribution in [2.75, 3.05) is 23.3 Å². The third-order valence-corrected chi connectivity index (χ3v) is 4.84. The number of hydrogen-bond acceptors (Lipinski definition) is 5. The first-order valence-electron chi connectivity index (χ1n) is 9.72. The van der Waals surface area contributed by atoms with Crippen LogP contribution in [0.25, 0.3) is 0 Å². The van der Waals surface area contributed by atoms with Gasteiger partial charge in [-0.05, 0) is 36.6 Å².